The number of hydrogen-bond donors (Lipinski definition) is 2. The Balaban J connectivity index is 1.67. The summed E-state index contributed by atoms with van der Waals surface area (Å²) in [4.78, 5) is 4.56. The van der Waals surface area contributed by atoms with Crippen molar-refractivity contribution in [1.29, 1.82) is 0 Å². The summed E-state index contributed by atoms with van der Waals surface area (Å²) in [5, 5.41) is 3.23. The minimum atomic E-state index is -3.64. The van der Waals surface area contributed by atoms with Gasteiger partial charge in [0.25, 0.3) is 10.0 Å². The zero-order valence-corrected chi connectivity index (χ0v) is 16.5. The Bertz CT molecular complexity index is 1030. The molecule has 27 heavy (non-hydrogen) atoms. The normalized spacial score (nSPS) is 11.2. The first-order chi connectivity index (χ1) is 12.8. The minimum absolute atomic E-state index is 0.273. The lowest BCUT2D eigenvalue weighted by Gasteiger charge is -2.11. The van der Waals surface area contributed by atoms with Crippen molar-refractivity contribution in [2.45, 2.75) is 32.2 Å². The molecule has 0 radical (unpaired) electrons. The zero-order chi connectivity index (χ0) is 19.4. The fourth-order valence-electron chi connectivity index (χ4n) is 2.77. The van der Waals surface area contributed by atoms with Gasteiger partial charge in [-0.05, 0) is 50.1 Å². The van der Waals surface area contributed by atoms with Crippen molar-refractivity contribution < 1.29 is 8.42 Å². The van der Waals surface area contributed by atoms with E-state index >= 15 is 0 Å². The lowest BCUT2D eigenvalue weighted by atomic mass is 10.1. The standard InChI is InChI=1S/C21H23N3O2S/c1-15-4-7-18(8-5-15)13-22-21-11-9-19(14-23-21)24-27(25,26)20-10-6-16(2)12-17(20)3/h4-12,14,24H,13H2,1-3H3,(H,22,23). The topological polar surface area (TPSA) is 71.1 Å². The highest BCUT2D eigenvalue weighted by Gasteiger charge is 2.17. The van der Waals surface area contributed by atoms with Crippen molar-refractivity contribution in [3.8, 4) is 0 Å². The van der Waals surface area contributed by atoms with Gasteiger partial charge in [-0.15, -0.1) is 0 Å². The van der Waals surface area contributed by atoms with E-state index in [0.29, 0.717) is 23.6 Å². The number of hydrogen-bond acceptors (Lipinski definition) is 4. The Morgan fingerprint density at radius 1 is 0.889 bits per heavy atom. The summed E-state index contributed by atoms with van der Waals surface area (Å²) in [6.45, 7) is 6.43. The molecule has 0 atom stereocenters. The molecule has 2 N–H and O–H groups in total. The van der Waals surface area contributed by atoms with Crippen LogP contribution in [0.5, 0.6) is 0 Å². The fourth-order valence-corrected chi connectivity index (χ4v) is 4.04. The van der Waals surface area contributed by atoms with E-state index in [1.807, 2.05) is 13.0 Å². The predicted molar refractivity (Wildman–Crippen MR) is 109 cm³/mol. The quantitative estimate of drug-likeness (QED) is 0.663. The van der Waals surface area contributed by atoms with Crippen LogP contribution in [0.3, 0.4) is 0 Å². The van der Waals surface area contributed by atoms with Gasteiger partial charge < -0.3 is 5.32 Å². The number of nitrogens with one attached hydrogen (secondary N) is 2. The van der Waals surface area contributed by atoms with Crippen LogP contribution in [0, 0.1) is 20.8 Å². The highest BCUT2D eigenvalue weighted by atomic mass is 32.2. The van der Waals surface area contributed by atoms with E-state index in [1.54, 1.807) is 31.2 Å². The van der Waals surface area contributed by atoms with Crippen LogP contribution in [0.15, 0.2) is 65.7 Å². The molecule has 0 fully saturated rings. The monoisotopic (exact) mass is 381 g/mol. The van der Waals surface area contributed by atoms with Gasteiger partial charge in [0.15, 0.2) is 0 Å². The molecule has 6 heteroatoms. The SMILES string of the molecule is Cc1ccc(CNc2ccc(NS(=O)(=O)c3ccc(C)cc3C)cn2)cc1. The highest BCUT2D eigenvalue weighted by Crippen LogP contribution is 2.20. The first-order valence-electron chi connectivity index (χ1n) is 8.69. The van der Waals surface area contributed by atoms with Crippen molar-refractivity contribution in [1.82, 2.24) is 4.98 Å². The molecule has 3 rings (SSSR count). The minimum Gasteiger partial charge on any atom is -0.366 e. The summed E-state index contributed by atoms with van der Waals surface area (Å²) in [6, 6.07) is 17.0. The maximum absolute atomic E-state index is 12.6. The Morgan fingerprint density at radius 2 is 1.59 bits per heavy atom. The second kappa shape index (κ2) is 7.80. The van der Waals surface area contributed by atoms with Crippen LogP contribution in [0.1, 0.15) is 22.3 Å². The summed E-state index contributed by atoms with van der Waals surface area (Å²) >= 11 is 0. The van der Waals surface area contributed by atoms with Crippen molar-refractivity contribution in [3.05, 3.63) is 83.0 Å². The summed E-state index contributed by atoms with van der Waals surface area (Å²) in [5.41, 5.74) is 4.54. The van der Waals surface area contributed by atoms with E-state index in [2.05, 4.69) is 46.2 Å². The Labute approximate surface area is 160 Å². The molecule has 1 aromatic heterocycles. The number of sulfonamides is 1. The third-order valence-electron chi connectivity index (χ3n) is 4.23. The molecule has 1 heterocycles. The smallest absolute Gasteiger partial charge is 0.262 e. The number of pyridine rings is 1. The van der Waals surface area contributed by atoms with Crippen molar-refractivity contribution in [2.75, 3.05) is 10.0 Å². The molecule has 0 aliphatic rings. The average Bonchev–Trinajstić information content (AvgIpc) is 2.62. The van der Waals surface area contributed by atoms with Crippen LogP contribution in [-0.4, -0.2) is 13.4 Å². The Kier molecular flexibility index (Phi) is 5.46. The third kappa shape index (κ3) is 4.86. The van der Waals surface area contributed by atoms with Crippen LogP contribution in [0.2, 0.25) is 0 Å². The van der Waals surface area contributed by atoms with Crippen molar-refractivity contribution >= 4 is 21.5 Å². The van der Waals surface area contributed by atoms with E-state index in [-0.39, 0.29) is 4.90 Å². The van der Waals surface area contributed by atoms with Gasteiger partial charge in [-0.2, -0.15) is 0 Å². The molecule has 0 amide bonds. The summed E-state index contributed by atoms with van der Waals surface area (Å²) in [6.07, 6.45) is 1.51. The lowest BCUT2D eigenvalue weighted by molar-refractivity contribution is 0.600. The predicted octanol–water partition coefficient (Wildman–Crippen LogP) is 4.42. The van der Waals surface area contributed by atoms with Gasteiger partial charge in [0.1, 0.15) is 5.82 Å². The molecular formula is C21H23N3O2S. The maximum atomic E-state index is 12.6. The van der Waals surface area contributed by atoms with Gasteiger partial charge in [0, 0.05) is 6.54 Å². The van der Waals surface area contributed by atoms with Gasteiger partial charge >= 0.3 is 0 Å². The Morgan fingerprint density at radius 3 is 2.22 bits per heavy atom. The number of nitrogens with zero attached hydrogens (tertiary/aromatic N) is 1. The molecule has 0 aliphatic carbocycles. The van der Waals surface area contributed by atoms with Gasteiger partial charge in [-0.3, -0.25) is 4.72 Å². The molecule has 0 saturated carbocycles. The van der Waals surface area contributed by atoms with Crippen LogP contribution in [0.4, 0.5) is 11.5 Å². The zero-order valence-electron chi connectivity index (χ0n) is 15.7. The average molecular weight is 382 g/mol. The number of aryl methyl sites for hydroxylation is 3. The summed E-state index contributed by atoms with van der Waals surface area (Å²) in [5.74, 6) is 0.685. The van der Waals surface area contributed by atoms with Crippen LogP contribution >= 0.6 is 0 Å². The van der Waals surface area contributed by atoms with E-state index in [0.717, 1.165) is 11.1 Å². The summed E-state index contributed by atoms with van der Waals surface area (Å²) in [7, 11) is -3.64. The number of rotatable bonds is 6. The molecule has 0 unspecified atom stereocenters. The molecule has 3 aromatic rings. The first kappa shape index (κ1) is 18.9. The first-order valence-corrected chi connectivity index (χ1v) is 10.2. The van der Waals surface area contributed by atoms with Crippen LogP contribution in [-0.2, 0) is 16.6 Å². The molecule has 0 aliphatic heterocycles. The molecule has 0 bridgehead atoms. The largest absolute Gasteiger partial charge is 0.366 e. The van der Waals surface area contributed by atoms with Gasteiger partial charge in [0.2, 0.25) is 0 Å². The lowest BCUT2D eigenvalue weighted by Crippen LogP contribution is -2.14. The van der Waals surface area contributed by atoms with Crippen LogP contribution < -0.4 is 10.0 Å². The van der Waals surface area contributed by atoms with Crippen LogP contribution in [0.25, 0.3) is 0 Å². The van der Waals surface area contributed by atoms with E-state index in [9.17, 15) is 8.42 Å². The number of aromatic nitrogens is 1. The fraction of sp³-hybridized carbons (Fsp3) is 0.190. The second-order valence-electron chi connectivity index (χ2n) is 6.65. The second-order valence-corrected chi connectivity index (χ2v) is 8.30. The molecule has 5 nitrogen and oxygen atoms in total. The van der Waals surface area contributed by atoms with Gasteiger partial charge in [-0.25, -0.2) is 13.4 Å². The molecule has 2 aromatic carbocycles. The Hall–Kier alpha value is -2.86. The molecule has 0 saturated heterocycles. The highest BCUT2D eigenvalue weighted by molar-refractivity contribution is 7.92. The van der Waals surface area contributed by atoms with E-state index < -0.39 is 10.0 Å². The van der Waals surface area contributed by atoms with E-state index in [4.69, 9.17) is 0 Å². The van der Waals surface area contributed by atoms with Crippen molar-refractivity contribution in [2.24, 2.45) is 0 Å². The molecule has 140 valence electrons. The van der Waals surface area contributed by atoms with Gasteiger partial charge in [0.05, 0.1) is 16.8 Å². The maximum Gasteiger partial charge on any atom is 0.262 e. The molecule has 0 spiro atoms. The van der Waals surface area contributed by atoms with Crippen molar-refractivity contribution in [3.63, 3.8) is 0 Å². The van der Waals surface area contributed by atoms with Gasteiger partial charge in [-0.1, -0.05) is 47.5 Å². The number of anilines is 2. The third-order valence-corrected chi connectivity index (χ3v) is 5.77. The summed E-state index contributed by atoms with van der Waals surface area (Å²) < 4.78 is 27.8. The van der Waals surface area contributed by atoms with E-state index in [1.165, 1.54) is 11.8 Å². The molecular weight excluding hydrogens is 358 g/mol. The number of benzene rings is 2.